The van der Waals surface area contributed by atoms with Gasteiger partial charge >= 0.3 is 0 Å². The van der Waals surface area contributed by atoms with Crippen molar-refractivity contribution in [2.75, 3.05) is 26.2 Å². The van der Waals surface area contributed by atoms with Crippen molar-refractivity contribution in [3.8, 4) is 6.07 Å². The van der Waals surface area contributed by atoms with Crippen molar-refractivity contribution in [3.63, 3.8) is 0 Å². The third-order valence-electron chi connectivity index (χ3n) is 3.98. The first-order chi connectivity index (χ1) is 11.5. The normalized spacial score (nSPS) is 15.9. The van der Waals surface area contributed by atoms with Gasteiger partial charge in [0.2, 0.25) is 10.0 Å². The SMILES string of the molecule is N#Cc1ccccc1S(=O)(=O)N1CCN(C(=O)c2ccc[nH]2)CC1. The number of sulfonamides is 1. The summed E-state index contributed by atoms with van der Waals surface area (Å²) >= 11 is 0. The smallest absolute Gasteiger partial charge is 0.270 e. The minimum atomic E-state index is -3.74. The number of carbonyl (C=O) groups is 1. The Bertz CT molecular complexity index is 876. The fourth-order valence-electron chi connectivity index (χ4n) is 2.69. The van der Waals surface area contributed by atoms with Gasteiger partial charge < -0.3 is 9.88 Å². The van der Waals surface area contributed by atoms with E-state index < -0.39 is 10.0 Å². The van der Waals surface area contributed by atoms with Crippen LogP contribution in [0.3, 0.4) is 0 Å². The zero-order chi connectivity index (χ0) is 17.2. The van der Waals surface area contributed by atoms with Gasteiger partial charge in [0.25, 0.3) is 5.91 Å². The third kappa shape index (κ3) is 2.91. The van der Waals surface area contributed by atoms with E-state index in [0.717, 1.165) is 0 Å². The maximum absolute atomic E-state index is 12.7. The molecule has 7 nitrogen and oxygen atoms in total. The summed E-state index contributed by atoms with van der Waals surface area (Å²) in [5.74, 6) is -0.144. The van der Waals surface area contributed by atoms with Crippen molar-refractivity contribution < 1.29 is 13.2 Å². The summed E-state index contributed by atoms with van der Waals surface area (Å²) in [6, 6.07) is 11.5. The Balaban J connectivity index is 1.75. The lowest BCUT2D eigenvalue weighted by atomic mass is 10.2. The molecule has 1 amide bonds. The molecule has 8 heteroatoms. The molecule has 1 aliphatic heterocycles. The lowest BCUT2D eigenvalue weighted by molar-refractivity contribution is 0.0692. The van der Waals surface area contributed by atoms with Gasteiger partial charge in [-0.3, -0.25) is 4.79 Å². The van der Waals surface area contributed by atoms with E-state index in [1.165, 1.54) is 16.4 Å². The highest BCUT2D eigenvalue weighted by atomic mass is 32.2. The van der Waals surface area contributed by atoms with Gasteiger partial charge in [-0.15, -0.1) is 0 Å². The molecule has 2 heterocycles. The molecule has 2 aromatic rings. The number of H-pyrrole nitrogens is 1. The second-order valence-corrected chi connectivity index (χ2v) is 7.29. The zero-order valence-corrected chi connectivity index (χ0v) is 13.7. The van der Waals surface area contributed by atoms with Gasteiger partial charge in [-0.2, -0.15) is 9.57 Å². The number of carbonyl (C=O) groups excluding carboxylic acids is 1. The summed E-state index contributed by atoms with van der Waals surface area (Å²) in [6.07, 6.45) is 1.67. The Hall–Kier alpha value is -2.63. The standard InChI is InChI=1S/C16H16N4O3S/c17-12-13-4-1-2-6-15(13)24(22,23)20-10-8-19(9-11-20)16(21)14-5-3-7-18-14/h1-7,18H,8-11H2. The number of hydrogen-bond acceptors (Lipinski definition) is 4. The number of piperazine rings is 1. The van der Waals surface area contributed by atoms with E-state index in [0.29, 0.717) is 18.8 Å². The molecular formula is C16H16N4O3S. The predicted molar refractivity (Wildman–Crippen MR) is 86.6 cm³/mol. The maximum Gasteiger partial charge on any atom is 0.270 e. The van der Waals surface area contributed by atoms with Crippen LogP contribution in [0.5, 0.6) is 0 Å². The Kier molecular flexibility index (Phi) is 4.38. The molecular weight excluding hydrogens is 328 g/mol. The molecule has 1 aromatic carbocycles. The van der Waals surface area contributed by atoms with E-state index in [1.54, 1.807) is 35.4 Å². The lowest BCUT2D eigenvalue weighted by Crippen LogP contribution is -2.50. The van der Waals surface area contributed by atoms with Gasteiger partial charge in [-0.1, -0.05) is 12.1 Å². The highest BCUT2D eigenvalue weighted by Crippen LogP contribution is 2.21. The van der Waals surface area contributed by atoms with Crippen LogP contribution in [0.15, 0.2) is 47.5 Å². The number of nitriles is 1. The largest absolute Gasteiger partial charge is 0.357 e. The fraction of sp³-hybridized carbons (Fsp3) is 0.250. The molecule has 1 saturated heterocycles. The molecule has 1 aliphatic rings. The second-order valence-electron chi connectivity index (χ2n) is 5.39. The Morgan fingerprint density at radius 2 is 1.79 bits per heavy atom. The van der Waals surface area contributed by atoms with Crippen LogP contribution < -0.4 is 0 Å². The van der Waals surface area contributed by atoms with E-state index in [9.17, 15) is 13.2 Å². The quantitative estimate of drug-likeness (QED) is 0.899. The monoisotopic (exact) mass is 344 g/mol. The number of aromatic nitrogens is 1. The Labute approximate surface area is 140 Å². The summed E-state index contributed by atoms with van der Waals surface area (Å²) in [7, 11) is -3.74. The molecule has 0 saturated carbocycles. The molecule has 0 atom stereocenters. The van der Waals surface area contributed by atoms with Gasteiger partial charge in [0.15, 0.2) is 0 Å². The molecule has 124 valence electrons. The average Bonchev–Trinajstić information content (AvgIpc) is 3.15. The third-order valence-corrected chi connectivity index (χ3v) is 5.94. The van der Waals surface area contributed by atoms with Crippen molar-refractivity contribution in [1.29, 1.82) is 5.26 Å². The topological polar surface area (TPSA) is 97.3 Å². The first kappa shape index (κ1) is 16.2. The fourth-order valence-corrected chi connectivity index (χ4v) is 4.25. The van der Waals surface area contributed by atoms with Crippen LogP contribution in [0, 0.1) is 11.3 Å². The zero-order valence-electron chi connectivity index (χ0n) is 12.8. The van der Waals surface area contributed by atoms with Crippen molar-refractivity contribution in [2.45, 2.75) is 4.90 Å². The van der Waals surface area contributed by atoms with Crippen LogP contribution >= 0.6 is 0 Å². The molecule has 1 fully saturated rings. The molecule has 1 aromatic heterocycles. The van der Waals surface area contributed by atoms with Crippen LogP contribution in [0.4, 0.5) is 0 Å². The minimum absolute atomic E-state index is 0.0108. The van der Waals surface area contributed by atoms with Crippen molar-refractivity contribution in [2.24, 2.45) is 0 Å². The Morgan fingerprint density at radius 3 is 2.42 bits per heavy atom. The summed E-state index contributed by atoms with van der Waals surface area (Å²) in [5, 5.41) is 9.11. The molecule has 24 heavy (non-hydrogen) atoms. The molecule has 1 N–H and O–H groups in total. The highest BCUT2D eigenvalue weighted by Gasteiger charge is 2.31. The van der Waals surface area contributed by atoms with Crippen molar-refractivity contribution in [3.05, 3.63) is 53.9 Å². The Morgan fingerprint density at radius 1 is 1.08 bits per heavy atom. The maximum atomic E-state index is 12.7. The number of benzene rings is 1. The van der Waals surface area contributed by atoms with Crippen LogP contribution in [0.25, 0.3) is 0 Å². The number of amides is 1. The molecule has 0 spiro atoms. The van der Waals surface area contributed by atoms with Crippen LogP contribution in [0.2, 0.25) is 0 Å². The minimum Gasteiger partial charge on any atom is -0.357 e. The molecule has 0 radical (unpaired) electrons. The van der Waals surface area contributed by atoms with E-state index in [-0.39, 0.29) is 29.5 Å². The number of hydrogen-bond donors (Lipinski definition) is 1. The van der Waals surface area contributed by atoms with Gasteiger partial charge in [0.1, 0.15) is 11.8 Å². The van der Waals surface area contributed by atoms with Crippen LogP contribution in [-0.4, -0.2) is 54.7 Å². The number of nitrogens with one attached hydrogen (secondary N) is 1. The van der Waals surface area contributed by atoms with Gasteiger partial charge in [-0.25, -0.2) is 8.42 Å². The molecule has 0 unspecified atom stereocenters. The van der Waals surface area contributed by atoms with Gasteiger partial charge in [0.05, 0.1) is 10.5 Å². The van der Waals surface area contributed by atoms with E-state index in [1.807, 2.05) is 6.07 Å². The molecule has 3 rings (SSSR count). The average molecular weight is 344 g/mol. The number of aromatic amines is 1. The van der Waals surface area contributed by atoms with Gasteiger partial charge in [0, 0.05) is 32.4 Å². The van der Waals surface area contributed by atoms with Crippen LogP contribution in [0.1, 0.15) is 16.1 Å². The van der Waals surface area contributed by atoms with E-state index in [2.05, 4.69) is 4.98 Å². The summed E-state index contributed by atoms with van der Waals surface area (Å²) in [6.45, 7) is 1.03. The first-order valence-corrected chi connectivity index (χ1v) is 8.90. The number of nitrogens with zero attached hydrogens (tertiary/aromatic N) is 3. The predicted octanol–water partition coefficient (Wildman–Crippen LogP) is 1.03. The lowest BCUT2D eigenvalue weighted by Gasteiger charge is -2.33. The van der Waals surface area contributed by atoms with Gasteiger partial charge in [-0.05, 0) is 24.3 Å². The van der Waals surface area contributed by atoms with E-state index >= 15 is 0 Å². The first-order valence-electron chi connectivity index (χ1n) is 7.46. The molecule has 0 aliphatic carbocycles. The summed E-state index contributed by atoms with van der Waals surface area (Å²) < 4.78 is 26.8. The number of rotatable bonds is 3. The molecule has 0 bridgehead atoms. The van der Waals surface area contributed by atoms with Crippen LogP contribution in [-0.2, 0) is 10.0 Å². The van der Waals surface area contributed by atoms with Crippen molar-refractivity contribution >= 4 is 15.9 Å². The van der Waals surface area contributed by atoms with Crippen molar-refractivity contribution in [1.82, 2.24) is 14.2 Å². The van der Waals surface area contributed by atoms with E-state index in [4.69, 9.17) is 5.26 Å². The summed E-state index contributed by atoms with van der Waals surface area (Å²) in [4.78, 5) is 16.8. The highest BCUT2D eigenvalue weighted by molar-refractivity contribution is 7.89. The second kappa shape index (κ2) is 6.47. The summed E-state index contributed by atoms with van der Waals surface area (Å²) in [5.41, 5.74) is 0.614.